The number of anilines is 1. The highest BCUT2D eigenvalue weighted by Gasteiger charge is 2.32. The molecule has 0 aliphatic heterocycles. The third kappa shape index (κ3) is 6.73. The highest BCUT2D eigenvalue weighted by molar-refractivity contribution is 7.92. The predicted octanol–water partition coefficient (Wildman–Crippen LogP) is 4.03. The molecule has 1 aliphatic rings. The second kappa shape index (κ2) is 11.4. The lowest BCUT2D eigenvalue weighted by molar-refractivity contribution is -0.139. The van der Waals surface area contributed by atoms with E-state index in [2.05, 4.69) is 5.32 Å². The molecule has 1 aliphatic carbocycles. The monoisotopic (exact) mass is 523 g/mol. The minimum atomic E-state index is -3.88. The maximum absolute atomic E-state index is 14.5. The Morgan fingerprint density at radius 3 is 2.43 bits per heavy atom. The smallest absolute Gasteiger partial charge is 0.244 e. The van der Waals surface area contributed by atoms with E-state index in [1.807, 2.05) is 0 Å². The molecular formula is C25H31ClFN3O4S. The molecule has 10 heteroatoms. The molecule has 2 aromatic carbocycles. The zero-order valence-corrected chi connectivity index (χ0v) is 21.7. The van der Waals surface area contributed by atoms with Crippen LogP contribution in [0.3, 0.4) is 0 Å². The first-order valence-electron chi connectivity index (χ1n) is 11.5. The van der Waals surface area contributed by atoms with Crippen molar-refractivity contribution in [1.82, 2.24) is 10.2 Å². The summed E-state index contributed by atoms with van der Waals surface area (Å²) in [7, 11) is -3.88. The van der Waals surface area contributed by atoms with Crippen LogP contribution in [0, 0.1) is 12.7 Å². The summed E-state index contributed by atoms with van der Waals surface area (Å²) in [5.41, 5.74) is 0.994. The number of carbonyl (C=O) groups is 2. The third-order valence-corrected chi connectivity index (χ3v) is 7.89. The fourth-order valence-corrected chi connectivity index (χ4v) is 5.32. The Balaban J connectivity index is 1.92. The zero-order chi connectivity index (χ0) is 25.8. The molecule has 1 unspecified atom stereocenters. The second-order valence-electron chi connectivity index (χ2n) is 8.93. The van der Waals surface area contributed by atoms with Gasteiger partial charge in [-0.1, -0.05) is 48.7 Å². The number of benzene rings is 2. The van der Waals surface area contributed by atoms with Gasteiger partial charge in [-0.2, -0.15) is 0 Å². The highest BCUT2D eigenvalue weighted by atomic mass is 35.5. The largest absolute Gasteiger partial charge is 0.352 e. The standard InChI is InChI=1S/C25H31ClFN3O4S/c1-17-21(26)12-8-14-23(17)30(35(3,33)34)16-24(31)29(15-19-9-4-7-13-22(19)27)18(2)25(32)28-20-10-5-6-11-20/h4,7-9,12-14,18,20H,5-6,10-11,15-16H2,1-3H3,(H,28,32). The first kappa shape index (κ1) is 26.9. The van der Waals surface area contributed by atoms with Crippen LogP contribution >= 0.6 is 11.6 Å². The number of hydrogen-bond donors (Lipinski definition) is 1. The maximum atomic E-state index is 14.5. The van der Waals surface area contributed by atoms with Crippen molar-refractivity contribution in [2.75, 3.05) is 17.1 Å². The molecule has 0 spiro atoms. The summed E-state index contributed by atoms with van der Waals surface area (Å²) in [6.45, 7) is 2.49. The summed E-state index contributed by atoms with van der Waals surface area (Å²) in [6.07, 6.45) is 4.79. The number of hydrogen-bond acceptors (Lipinski definition) is 4. The molecule has 0 aromatic heterocycles. The van der Waals surface area contributed by atoms with Crippen LogP contribution in [0.5, 0.6) is 0 Å². The molecule has 1 saturated carbocycles. The number of amides is 2. The van der Waals surface area contributed by atoms with Gasteiger partial charge in [0, 0.05) is 23.2 Å². The summed E-state index contributed by atoms with van der Waals surface area (Å²) < 4.78 is 40.8. The molecule has 7 nitrogen and oxygen atoms in total. The predicted molar refractivity (Wildman–Crippen MR) is 135 cm³/mol. The van der Waals surface area contributed by atoms with Crippen LogP contribution in [-0.4, -0.2) is 50.0 Å². The van der Waals surface area contributed by atoms with Crippen LogP contribution in [-0.2, 0) is 26.2 Å². The van der Waals surface area contributed by atoms with Crippen molar-refractivity contribution in [3.8, 4) is 0 Å². The van der Waals surface area contributed by atoms with E-state index >= 15 is 0 Å². The molecule has 190 valence electrons. The van der Waals surface area contributed by atoms with Crippen molar-refractivity contribution in [2.24, 2.45) is 0 Å². The Labute approximate surface area is 211 Å². The van der Waals surface area contributed by atoms with Crippen molar-refractivity contribution >= 4 is 39.1 Å². The van der Waals surface area contributed by atoms with E-state index < -0.39 is 34.3 Å². The van der Waals surface area contributed by atoms with E-state index in [1.165, 1.54) is 23.1 Å². The van der Waals surface area contributed by atoms with Gasteiger partial charge in [-0.25, -0.2) is 12.8 Å². The van der Waals surface area contributed by atoms with Crippen molar-refractivity contribution in [2.45, 2.75) is 58.2 Å². The number of sulfonamides is 1. The van der Waals surface area contributed by atoms with Crippen molar-refractivity contribution in [3.63, 3.8) is 0 Å². The zero-order valence-electron chi connectivity index (χ0n) is 20.1. The van der Waals surface area contributed by atoms with Crippen LogP contribution in [0.15, 0.2) is 42.5 Å². The van der Waals surface area contributed by atoms with Gasteiger partial charge in [-0.15, -0.1) is 0 Å². The SMILES string of the molecule is Cc1c(Cl)cccc1N(CC(=O)N(Cc1ccccc1F)C(C)C(=O)NC1CCCC1)S(C)(=O)=O. The first-order valence-corrected chi connectivity index (χ1v) is 13.8. The van der Waals surface area contributed by atoms with Gasteiger partial charge in [-0.3, -0.25) is 13.9 Å². The second-order valence-corrected chi connectivity index (χ2v) is 11.2. The average Bonchev–Trinajstić information content (AvgIpc) is 3.30. The van der Waals surface area contributed by atoms with Gasteiger partial charge in [0.2, 0.25) is 21.8 Å². The lowest BCUT2D eigenvalue weighted by Crippen LogP contribution is -2.52. The summed E-state index contributed by atoms with van der Waals surface area (Å²) >= 11 is 6.19. The van der Waals surface area contributed by atoms with E-state index in [9.17, 15) is 22.4 Å². The number of halogens is 2. The van der Waals surface area contributed by atoms with E-state index in [4.69, 9.17) is 11.6 Å². The van der Waals surface area contributed by atoms with Gasteiger partial charge in [0.15, 0.2) is 0 Å². The first-order chi connectivity index (χ1) is 16.5. The fraction of sp³-hybridized carbons (Fsp3) is 0.440. The molecule has 35 heavy (non-hydrogen) atoms. The topological polar surface area (TPSA) is 86.8 Å². The van der Waals surface area contributed by atoms with E-state index in [0.717, 1.165) is 36.2 Å². The third-order valence-electron chi connectivity index (χ3n) is 6.35. The fourth-order valence-electron chi connectivity index (χ4n) is 4.25. The van der Waals surface area contributed by atoms with Crippen LogP contribution in [0.2, 0.25) is 5.02 Å². The van der Waals surface area contributed by atoms with Gasteiger partial charge >= 0.3 is 0 Å². The Morgan fingerprint density at radius 1 is 1.14 bits per heavy atom. The van der Waals surface area contributed by atoms with Crippen LogP contribution < -0.4 is 9.62 Å². The van der Waals surface area contributed by atoms with Crippen LogP contribution in [0.4, 0.5) is 10.1 Å². The van der Waals surface area contributed by atoms with Gasteiger partial charge < -0.3 is 10.2 Å². The number of nitrogens with one attached hydrogen (secondary N) is 1. The molecule has 0 radical (unpaired) electrons. The minimum absolute atomic E-state index is 0.0389. The Morgan fingerprint density at radius 2 is 1.80 bits per heavy atom. The summed E-state index contributed by atoms with van der Waals surface area (Å²) in [5.74, 6) is -1.50. The summed E-state index contributed by atoms with van der Waals surface area (Å²) in [4.78, 5) is 27.8. The average molecular weight is 524 g/mol. The van der Waals surface area contributed by atoms with Crippen molar-refractivity contribution in [1.29, 1.82) is 0 Å². The minimum Gasteiger partial charge on any atom is -0.352 e. The van der Waals surface area contributed by atoms with Crippen molar-refractivity contribution < 1.29 is 22.4 Å². The van der Waals surface area contributed by atoms with Gasteiger partial charge in [0.25, 0.3) is 0 Å². The lowest BCUT2D eigenvalue weighted by Gasteiger charge is -2.32. The van der Waals surface area contributed by atoms with Crippen LogP contribution in [0.1, 0.15) is 43.7 Å². The molecule has 1 fully saturated rings. The highest BCUT2D eigenvalue weighted by Crippen LogP contribution is 2.28. The number of rotatable bonds is 9. The quantitative estimate of drug-likeness (QED) is 0.537. The Kier molecular flexibility index (Phi) is 8.77. The Hall–Kier alpha value is -2.65. The van der Waals surface area contributed by atoms with E-state index in [0.29, 0.717) is 10.6 Å². The van der Waals surface area contributed by atoms with Gasteiger partial charge in [0.05, 0.1) is 11.9 Å². The molecule has 3 rings (SSSR count). The molecule has 0 bridgehead atoms. The molecule has 1 atom stereocenters. The van der Waals surface area contributed by atoms with Gasteiger partial charge in [-0.05, 0) is 50.5 Å². The van der Waals surface area contributed by atoms with E-state index in [-0.39, 0.29) is 29.7 Å². The van der Waals surface area contributed by atoms with Crippen LogP contribution in [0.25, 0.3) is 0 Å². The Bertz CT molecular complexity index is 1180. The molecule has 1 N–H and O–H groups in total. The normalized spacial score (nSPS) is 15.0. The number of nitrogens with zero attached hydrogens (tertiary/aromatic N) is 2. The molecular weight excluding hydrogens is 493 g/mol. The lowest BCUT2D eigenvalue weighted by atomic mass is 10.1. The maximum Gasteiger partial charge on any atom is 0.244 e. The molecule has 2 aromatic rings. The van der Waals surface area contributed by atoms with Gasteiger partial charge in [0.1, 0.15) is 18.4 Å². The molecule has 2 amide bonds. The summed E-state index contributed by atoms with van der Waals surface area (Å²) in [6, 6.07) is 9.88. The number of carbonyl (C=O) groups excluding carboxylic acids is 2. The molecule has 0 heterocycles. The van der Waals surface area contributed by atoms with E-state index in [1.54, 1.807) is 38.1 Å². The van der Waals surface area contributed by atoms with Crippen molar-refractivity contribution in [3.05, 3.63) is 64.4 Å². The molecule has 0 saturated heterocycles. The summed E-state index contributed by atoms with van der Waals surface area (Å²) in [5, 5.41) is 3.33.